The van der Waals surface area contributed by atoms with E-state index >= 15 is 0 Å². The lowest BCUT2D eigenvalue weighted by Gasteiger charge is -2.10. The van der Waals surface area contributed by atoms with Crippen molar-refractivity contribution in [1.29, 1.82) is 15.8 Å². The third kappa shape index (κ3) is 8.08. The summed E-state index contributed by atoms with van der Waals surface area (Å²) in [5, 5.41) is 29.4. The van der Waals surface area contributed by atoms with Gasteiger partial charge in [-0.1, -0.05) is 0 Å². The van der Waals surface area contributed by atoms with E-state index < -0.39 is 123 Å². The van der Waals surface area contributed by atoms with Crippen LogP contribution in [0.15, 0.2) is 16.7 Å². The summed E-state index contributed by atoms with van der Waals surface area (Å²) in [5.41, 5.74) is -9.99. The molecule has 0 amide bonds. The van der Waals surface area contributed by atoms with E-state index in [1.807, 2.05) is 0 Å². The molecule has 54 heavy (non-hydrogen) atoms. The third-order valence-electron chi connectivity index (χ3n) is 5.87. The molecule has 0 atom stereocenters. The highest BCUT2D eigenvalue weighted by Gasteiger charge is 2.49. The number of halogens is 18. The molecule has 0 aromatic carbocycles. The van der Waals surface area contributed by atoms with E-state index in [-0.39, 0.29) is 0 Å². The summed E-state index contributed by atoms with van der Waals surface area (Å²) in [6.45, 7) is 0. The first-order valence-corrected chi connectivity index (χ1v) is 12.6. The van der Waals surface area contributed by atoms with Crippen molar-refractivity contribution in [2.24, 2.45) is 0 Å². The molecule has 0 spiro atoms. The lowest BCUT2D eigenvalue weighted by molar-refractivity contribution is -0.156. The van der Waals surface area contributed by atoms with Crippen LogP contribution >= 0.6 is 0 Å². The van der Waals surface area contributed by atoms with Crippen LogP contribution in [0.4, 0.5) is 79.0 Å². The zero-order valence-corrected chi connectivity index (χ0v) is 24.2. The molecule has 1 aliphatic rings. The minimum atomic E-state index is -5.90. The van der Waals surface area contributed by atoms with Crippen LogP contribution in [0.2, 0.25) is 0 Å². The quantitative estimate of drug-likeness (QED) is 0.204. The molecule has 1 saturated carbocycles. The highest BCUT2D eigenvalue weighted by molar-refractivity contribution is 6.10. The molecule has 0 aliphatic heterocycles. The number of nitrogens with zero attached hydrogens (tertiary/aromatic N) is 12. The molecular weight excluding hydrogens is 798 g/mol. The summed E-state index contributed by atoms with van der Waals surface area (Å²) < 4.78 is 243. The maximum absolute atomic E-state index is 13.5. The van der Waals surface area contributed by atoms with Gasteiger partial charge in [-0.15, -0.1) is 0 Å². The Bertz CT molecular complexity index is 1920. The summed E-state index contributed by atoms with van der Waals surface area (Å²) >= 11 is 0. The van der Waals surface area contributed by atoms with Crippen molar-refractivity contribution in [3.63, 3.8) is 0 Å². The summed E-state index contributed by atoms with van der Waals surface area (Å²) in [6, 6.07) is 2.64. The van der Waals surface area contributed by atoms with Crippen LogP contribution in [0.1, 0.15) is 52.4 Å². The Morgan fingerprint density at radius 3 is 0.556 bits per heavy atom. The van der Waals surface area contributed by atoms with E-state index in [1.165, 1.54) is 0 Å². The molecule has 0 unspecified atom stereocenters. The predicted octanol–water partition coefficient (Wildman–Crippen LogP) is 6.60. The first-order chi connectivity index (χ1) is 24.4. The van der Waals surface area contributed by atoms with Gasteiger partial charge in [-0.2, -0.15) is 94.8 Å². The maximum Gasteiger partial charge on any atom is 0.451 e. The number of aromatic nitrogens is 9. The average molecular weight is 798 g/mol. The van der Waals surface area contributed by atoms with Crippen LogP contribution in [-0.4, -0.2) is 44.9 Å². The molecule has 30 heteroatoms. The molecule has 3 aromatic rings. The van der Waals surface area contributed by atoms with Crippen molar-refractivity contribution in [2.45, 2.75) is 37.1 Å². The van der Waals surface area contributed by atoms with E-state index in [0.29, 0.717) is 0 Å². The van der Waals surface area contributed by atoms with E-state index in [0.717, 1.165) is 18.2 Å². The van der Waals surface area contributed by atoms with Crippen LogP contribution in [0.25, 0.3) is 16.7 Å². The molecule has 4 rings (SSSR count). The highest BCUT2D eigenvalue weighted by Crippen LogP contribution is 2.55. The van der Waals surface area contributed by atoms with E-state index in [2.05, 4.69) is 44.9 Å². The van der Waals surface area contributed by atoms with Crippen LogP contribution < -0.4 is 0 Å². The Hall–Kier alpha value is -6.54. The van der Waals surface area contributed by atoms with E-state index in [4.69, 9.17) is 0 Å². The lowest BCUT2D eigenvalue weighted by Crippen LogP contribution is -2.21. The normalized spacial score (nSPS) is 13.9. The number of alkyl halides is 18. The fourth-order valence-electron chi connectivity index (χ4n) is 3.81. The molecular formula is C24F18N12. The Kier molecular flexibility index (Phi) is 9.57. The van der Waals surface area contributed by atoms with Crippen molar-refractivity contribution in [3.8, 4) is 18.2 Å². The Labute approximate surface area is 281 Å². The van der Waals surface area contributed by atoms with Crippen LogP contribution in [0.5, 0.6) is 0 Å². The first-order valence-electron chi connectivity index (χ1n) is 12.6. The second-order valence-electron chi connectivity index (χ2n) is 9.49. The molecule has 0 N–H and O–H groups in total. The Balaban J connectivity index is 2.30. The molecule has 1 aliphatic carbocycles. The second-order valence-corrected chi connectivity index (χ2v) is 9.49. The maximum atomic E-state index is 13.5. The average Bonchev–Trinajstić information content (AvgIpc) is 3.72. The van der Waals surface area contributed by atoms with Gasteiger partial charge in [0.2, 0.25) is 34.9 Å². The first kappa shape index (κ1) is 40.2. The van der Waals surface area contributed by atoms with Gasteiger partial charge in [-0.05, 0) is 0 Å². The Morgan fingerprint density at radius 1 is 0.296 bits per heavy atom. The molecule has 3 aromatic heterocycles. The zero-order chi connectivity index (χ0) is 41.1. The molecule has 282 valence electrons. The van der Waals surface area contributed by atoms with Gasteiger partial charge in [-0.3, -0.25) is 0 Å². The van der Waals surface area contributed by atoms with Gasteiger partial charge in [-0.25, -0.2) is 44.9 Å². The summed E-state index contributed by atoms with van der Waals surface area (Å²) in [7, 11) is 0. The summed E-state index contributed by atoms with van der Waals surface area (Å²) in [6.07, 6.45) is -35.4. The molecule has 1 fully saturated rings. The summed E-state index contributed by atoms with van der Waals surface area (Å²) in [5.74, 6) is -22.3. The predicted molar refractivity (Wildman–Crippen MR) is 127 cm³/mol. The smallest absolute Gasteiger partial charge is 0.203 e. The standard InChI is InChI=1S/C24F18N12/c25-19(26,27)13-46-10(47-14(52-13)20(28,29)30)4(1-43)7-8(5(2-44)11-48-15(21(31,32)33)53-16(49-11)22(34,35)36)9(7)6(3-45)12-50-17(23(37,38)39)54-18(51-12)24(40,41)42. The highest BCUT2D eigenvalue weighted by atomic mass is 19.4. The SMILES string of the molecule is N#CC(=C1C(=C(C#N)c2nc(C(F)(F)F)nc(C(F)(F)F)n2)C1=C(C#N)c1nc(C(F)(F)F)nc(C(F)(F)F)n1)c1nc(C(F)(F)F)nc(C(F)(F)F)n1. The fraction of sp³-hybridized carbons (Fsp3) is 0.250. The van der Waals surface area contributed by atoms with Crippen molar-refractivity contribution < 1.29 is 79.0 Å². The minimum absolute atomic E-state index is 0.880. The zero-order valence-electron chi connectivity index (χ0n) is 24.2. The molecule has 12 nitrogen and oxygen atoms in total. The van der Waals surface area contributed by atoms with Gasteiger partial charge >= 0.3 is 37.1 Å². The van der Waals surface area contributed by atoms with Gasteiger partial charge in [0.15, 0.2) is 17.5 Å². The molecule has 0 radical (unpaired) electrons. The van der Waals surface area contributed by atoms with E-state index in [1.54, 1.807) is 0 Å². The summed E-state index contributed by atoms with van der Waals surface area (Å²) in [4.78, 5) is 22.0. The number of hydrogen-bond donors (Lipinski definition) is 0. The minimum Gasteiger partial charge on any atom is -0.203 e. The van der Waals surface area contributed by atoms with Gasteiger partial charge in [0, 0.05) is 16.7 Å². The van der Waals surface area contributed by atoms with Crippen LogP contribution in [-0.2, 0) is 37.1 Å². The largest absolute Gasteiger partial charge is 0.451 e. The Morgan fingerprint density at radius 2 is 0.444 bits per heavy atom. The second kappa shape index (κ2) is 12.8. The fourth-order valence-corrected chi connectivity index (χ4v) is 3.81. The van der Waals surface area contributed by atoms with E-state index in [9.17, 15) is 94.8 Å². The van der Waals surface area contributed by atoms with Gasteiger partial charge in [0.1, 0.15) is 34.9 Å². The lowest BCUT2D eigenvalue weighted by atomic mass is 10.2. The number of rotatable bonds is 3. The number of hydrogen-bond acceptors (Lipinski definition) is 12. The monoisotopic (exact) mass is 798 g/mol. The van der Waals surface area contributed by atoms with Gasteiger partial charge in [0.25, 0.3) is 0 Å². The number of nitriles is 3. The van der Waals surface area contributed by atoms with Crippen LogP contribution in [0.3, 0.4) is 0 Å². The topological polar surface area (TPSA) is 187 Å². The molecule has 3 heterocycles. The van der Waals surface area contributed by atoms with Gasteiger partial charge < -0.3 is 0 Å². The molecule has 0 saturated heterocycles. The number of allylic oxidation sites excluding steroid dienone is 6. The molecule has 0 bridgehead atoms. The van der Waals surface area contributed by atoms with Crippen LogP contribution in [0, 0.1) is 34.0 Å². The van der Waals surface area contributed by atoms with Gasteiger partial charge in [0.05, 0.1) is 0 Å². The third-order valence-corrected chi connectivity index (χ3v) is 5.87. The van der Waals surface area contributed by atoms with Crippen molar-refractivity contribution >= 4 is 16.7 Å². The van der Waals surface area contributed by atoms with Crippen molar-refractivity contribution in [3.05, 3.63) is 69.1 Å². The van der Waals surface area contributed by atoms with Crippen molar-refractivity contribution in [1.82, 2.24) is 44.9 Å². The van der Waals surface area contributed by atoms with Crippen molar-refractivity contribution in [2.75, 3.05) is 0 Å².